The summed E-state index contributed by atoms with van der Waals surface area (Å²) in [6.07, 6.45) is 6.69. The lowest BCUT2D eigenvalue weighted by atomic mass is 9.97. The molecule has 0 saturated heterocycles. The quantitative estimate of drug-likeness (QED) is 0.501. The number of carbonyl (C=O) groups excluding carboxylic acids is 1. The number of aromatic nitrogens is 5. The monoisotopic (exact) mass is 460 g/mol. The van der Waals surface area contributed by atoms with Gasteiger partial charge in [-0.05, 0) is 44.9 Å². The third kappa shape index (κ3) is 4.70. The van der Waals surface area contributed by atoms with Gasteiger partial charge in [-0.2, -0.15) is 15.4 Å². The highest BCUT2D eigenvalue weighted by molar-refractivity contribution is 5.72. The van der Waals surface area contributed by atoms with Gasteiger partial charge in [-0.1, -0.05) is 18.2 Å². The maximum Gasteiger partial charge on any atom is 0.410 e. The van der Waals surface area contributed by atoms with E-state index in [2.05, 4.69) is 42.1 Å². The molecule has 0 saturated carbocycles. The van der Waals surface area contributed by atoms with E-state index in [1.54, 1.807) is 17.4 Å². The molecule has 2 aliphatic rings. The highest BCUT2D eigenvalue weighted by atomic mass is 16.6. The van der Waals surface area contributed by atoms with Crippen LogP contribution < -0.4 is 10.6 Å². The van der Waals surface area contributed by atoms with Crippen LogP contribution in [0.4, 0.5) is 22.1 Å². The van der Waals surface area contributed by atoms with Crippen molar-refractivity contribution in [3.8, 4) is 11.3 Å². The van der Waals surface area contributed by atoms with Crippen LogP contribution in [0.15, 0.2) is 48.4 Å². The van der Waals surface area contributed by atoms with Gasteiger partial charge in [0, 0.05) is 36.3 Å². The molecule has 0 spiro atoms. The van der Waals surface area contributed by atoms with Gasteiger partial charge in [0.25, 0.3) is 0 Å². The third-order valence-electron chi connectivity index (χ3n) is 5.84. The molecule has 34 heavy (non-hydrogen) atoms. The lowest BCUT2D eigenvalue weighted by Crippen LogP contribution is -2.40. The van der Waals surface area contributed by atoms with Crippen molar-refractivity contribution in [3.05, 3.63) is 54.0 Å². The second kappa shape index (κ2) is 8.77. The van der Waals surface area contributed by atoms with E-state index in [1.807, 2.05) is 45.0 Å². The minimum absolute atomic E-state index is 0.134. The van der Waals surface area contributed by atoms with Gasteiger partial charge in [-0.15, -0.1) is 0 Å². The Bertz CT molecular complexity index is 1220. The number of hydrogen-bond acceptors (Lipinski definition) is 8. The molecule has 1 aromatic carbocycles. The molecule has 176 valence electrons. The van der Waals surface area contributed by atoms with E-state index >= 15 is 0 Å². The van der Waals surface area contributed by atoms with Crippen LogP contribution >= 0.6 is 0 Å². The van der Waals surface area contributed by atoms with Gasteiger partial charge in [0.15, 0.2) is 0 Å². The number of amides is 1. The number of ether oxygens (including phenoxy) is 1. The Labute approximate surface area is 197 Å². The summed E-state index contributed by atoms with van der Waals surface area (Å²) in [6.45, 7) is 6.83. The van der Waals surface area contributed by atoms with Crippen molar-refractivity contribution >= 4 is 23.4 Å². The van der Waals surface area contributed by atoms with Crippen LogP contribution in [0.25, 0.3) is 11.3 Å². The molecular formula is C24H28N8O2. The van der Waals surface area contributed by atoms with E-state index < -0.39 is 5.60 Å². The highest BCUT2D eigenvalue weighted by Gasteiger charge is 2.31. The molecule has 5 rings (SSSR count). The van der Waals surface area contributed by atoms with E-state index in [4.69, 9.17) is 4.74 Å². The Balaban J connectivity index is 1.27. The Morgan fingerprint density at radius 2 is 2.15 bits per heavy atom. The summed E-state index contributed by atoms with van der Waals surface area (Å²) in [7, 11) is 0. The molecule has 1 amide bonds. The molecule has 0 aliphatic carbocycles. The molecule has 3 aromatic rings. The van der Waals surface area contributed by atoms with E-state index in [0.29, 0.717) is 13.1 Å². The van der Waals surface area contributed by atoms with Crippen molar-refractivity contribution in [2.75, 3.05) is 23.7 Å². The Morgan fingerprint density at radius 3 is 2.88 bits per heavy atom. The molecule has 10 nitrogen and oxygen atoms in total. The van der Waals surface area contributed by atoms with Gasteiger partial charge >= 0.3 is 6.09 Å². The normalized spacial score (nSPS) is 17.6. The fraction of sp³-hybridized carbons (Fsp3) is 0.375. The lowest BCUT2D eigenvalue weighted by Gasteiger charge is -2.31. The summed E-state index contributed by atoms with van der Waals surface area (Å²) in [6, 6.07) is 8.10. The number of nitrogens with zero attached hydrogens (tertiary/aromatic N) is 5. The molecule has 2 aromatic heterocycles. The number of fused-ring (bicyclic) bond motifs is 1. The van der Waals surface area contributed by atoms with Crippen molar-refractivity contribution < 1.29 is 9.53 Å². The summed E-state index contributed by atoms with van der Waals surface area (Å²) < 4.78 is 5.50. The number of H-pyrrole nitrogens is 1. The maximum atomic E-state index is 12.4. The standard InChI is InChI=1S/C24H28N8O2/c1-24(2,3)34-23(33)32-9-7-15(8-10-32)19-12-18-21(25-14-26-22(18)29-19)28-17-6-4-5-16(11-17)20-13-27-31-30-20/h4-7,11,13-14,19H,8-10,12H2,1-3H3,(H,27,30,31)(H2,25,26,28,29). The van der Waals surface area contributed by atoms with E-state index in [9.17, 15) is 4.79 Å². The first kappa shape index (κ1) is 21.9. The Morgan fingerprint density at radius 1 is 1.26 bits per heavy atom. The zero-order valence-corrected chi connectivity index (χ0v) is 19.5. The molecule has 1 unspecified atom stereocenters. The Hall–Kier alpha value is -3.95. The van der Waals surface area contributed by atoms with Crippen molar-refractivity contribution in [2.45, 2.75) is 45.3 Å². The average Bonchev–Trinajstić information content (AvgIpc) is 3.49. The second-order valence-electron chi connectivity index (χ2n) is 9.47. The number of nitrogens with one attached hydrogen (secondary N) is 3. The van der Waals surface area contributed by atoms with Gasteiger partial charge in [0.1, 0.15) is 29.3 Å². The smallest absolute Gasteiger partial charge is 0.410 e. The fourth-order valence-corrected chi connectivity index (χ4v) is 4.21. The van der Waals surface area contributed by atoms with Gasteiger partial charge in [-0.3, -0.25) is 0 Å². The molecule has 0 radical (unpaired) electrons. The summed E-state index contributed by atoms with van der Waals surface area (Å²) >= 11 is 0. The van der Waals surface area contributed by atoms with Crippen molar-refractivity contribution in [1.82, 2.24) is 30.3 Å². The predicted molar refractivity (Wildman–Crippen MR) is 129 cm³/mol. The zero-order chi connectivity index (χ0) is 23.7. The van der Waals surface area contributed by atoms with Gasteiger partial charge in [0.2, 0.25) is 0 Å². The highest BCUT2D eigenvalue weighted by Crippen LogP contribution is 2.34. The zero-order valence-electron chi connectivity index (χ0n) is 19.5. The van der Waals surface area contributed by atoms with Crippen LogP contribution in [0, 0.1) is 0 Å². The maximum absolute atomic E-state index is 12.4. The Kier molecular flexibility index (Phi) is 5.64. The molecular weight excluding hydrogens is 432 g/mol. The predicted octanol–water partition coefficient (Wildman–Crippen LogP) is 3.91. The number of carbonyl (C=O) groups is 1. The van der Waals surface area contributed by atoms with Crippen molar-refractivity contribution in [2.24, 2.45) is 0 Å². The summed E-state index contributed by atoms with van der Waals surface area (Å²) in [5.74, 6) is 1.62. The van der Waals surface area contributed by atoms with Gasteiger partial charge in [0.05, 0.1) is 12.2 Å². The number of aromatic amines is 1. The minimum Gasteiger partial charge on any atom is -0.444 e. The minimum atomic E-state index is -0.494. The molecule has 4 heterocycles. The second-order valence-corrected chi connectivity index (χ2v) is 9.47. The van der Waals surface area contributed by atoms with Crippen molar-refractivity contribution in [1.29, 1.82) is 0 Å². The molecule has 0 bridgehead atoms. The first-order chi connectivity index (χ1) is 16.4. The van der Waals surface area contributed by atoms with Crippen LogP contribution in [0.2, 0.25) is 0 Å². The molecule has 3 N–H and O–H groups in total. The first-order valence-electron chi connectivity index (χ1n) is 11.4. The molecule has 10 heteroatoms. The first-order valence-corrected chi connectivity index (χ1v) is 11.4. The van der Waals surface area contributed by atoms with Crippen LogP contribution in [0.5, 0.6) is 0 Å². The lowest BCUT2D eigenvalue weighted by molar-refractivity contribution is 0.0265. The number of anilines is 3. The molecule has 1 atom stereocenters. The SMILES string of the molecule is CC(C)(C)OC(=O)N1CC=C(C2Cc3c(Nc4cccc(-c5cn[nH]n5)c4)ncnc3N2)CC1. The van der Waals surface area contributed by atoms with E-state index in [0.717, 1.165) is 47.0 Å². The fourth-order valence-electron chi connectivity index (χ4n) is 4.21. The summed E-state index contributed by atoms with van der Waals surface area (Å²) in [5.41, 5.74) is 4.48. The number of benzene rings is 1. The summed E-state index contributed by atoms with van der Waals surface area (Å²) in [5, 5.41) is 17.6. The van der Waals surface area contributed by atoms with Gasteiger partial charge in [-0.25, -0.2) is 14.8 Å². The van der Waals surface area contributed by atoms with E-state index in [1.165, 1.54) is 5.57 Å². The molecule has 2 aliphatic heterocycles. The largest absolute Gasteiger partial charge is 0.444 e. The average molecular weight is 461 g/mol. The van der Waals surface area contributed by atoms with Crippen LogP contribution in [-0.2, 0) is 11.2 Å². The summed E-state index contributed by atoms with van der Waals surface area (Å²) in [4.78, 5) is 23.1. The topological polar surface area (TPSA) is 121 Å². The number of hydrogen-bond donors (Lipinski definition) is 3. The van der Waals surface area contributed by atoms with Gasteiger partial charge < -0.3 is 20.3 Å². The number of rotatable bonds is 4. The third-order valence-corrected chi connectivity index (χ3v) is 5.84. The van der Waals surface area contributed by atoms with Crippen LogP contribution in [0.3, 0.4) is 0 Å². The van der Waals surface area contributed by atoms with Crippen molar-refractivity contribution in [3.63, 3.8) is 0 Å². The molecule has 0 fully saturated rings. The van der Waals surface area contributed by atoms with Crippen LogP contribution in [-0.4, -0.2) is 61.1 Å². The van der Waals surface area contributed by atoms with Crippen LogP contribution in [0.1, 0.15) is 32.8 Å². The van der Waals surface area contributed by atoms with E-state index in [-0.39, 0.29) is 12.1 Å².